The number of hydrogen-bond donors (Lipinski definition) is 2. The Morgan fingerprint density at radius 3 is 3.06 bits per heavy atom. The first kappa shape index (κ1) is 7.46. The van der Waals surface area contributed by atoms with E-state index in [9.17, 15) is 4.79 Å². The summed E-state index contributed by atoms with van der Waals surface area (Å²) in [4.78, 5) is 11.1. The highest BCUT2D eigenvalue weighted by Gasteiger charge is 2.12. The van der Waals surface area contributed by atoms with Crippen molar-refractivity contribution < 1.29 is 14.0 Å². The molecule has 0 aliphatic rings. The van der Waals surface area contributed by atoms with E-state index in [2.05, 4.69) is 0 Å². The first-order valence-electron chi connectivity index (χ1n) is 6.38. The van der Waals surface area contributed by atoms with Gasteiger partial charge in [-0.15, -0.1) is 0 Å². The summed E-state index contributed by atoms with van der Waals surface area (Å²) >= 11 is 0. The largest absolute Gasteiger partial charge is 0.464 e. The molecule has 4 nitrogen and oxygen atoms in total. The maximum Gasteiger partial charge on any atom is 0.416 e. The van der Waals surface area contributed by atoms with Gasteiger partial charge in [0.05, 0.1) is 5.52 Å². The van der Waals surface area contributed by atoms with Crippen LogP contribution in [-0.2, 0) is 6.42 Å². The Labute approximate surface area is 97.5 Å². The molecule has 2 rings (SSSR count). The van der Waals surface area contributed by atoms with Gasteiger partial charge in [-0.2, -0.15) is 0 Å². The number of benzene rings is 1. The van der Waals surface area contributed by atoms with Crippen LogP contribution < -0.4 is 5.73 Å². The zero-order valence-corrected chi connectivity index (χ0v) is 8.55. The highest BCUT2D eigenvalue weighted by Crippen LogP contribution is 2.22. The van der Waals surface area contributed by atoms with Crippen LogP contribution in [0.25, 0.3) is 10.9 Å². The van der Waals surface area contributed by atoms with Crippen molar-refractivity contribution >= 4 is 17.0 Å². The van der Waals surface area contributed by atoms with E-state index >= 15 is 0 Å². The summed E-state index contributed by atoms with van der Waals surface area (Å²) in [5, 5.41) is 9.82. The summed E-state index contributed by atoms with van der Waals surface area (Å²) in [6.45, 7) is -2.26. The molecule has 1 heterocycles. The number of fused-ring (bicyclic) bond motifs is 1. The lowest BCUT2D eigenvalue weighted by Gasteiger charge is -2.02. The van der Waals surface area contributed by atoms with Crippen molar-refractivity contribution in [3.05, 3.63) is 36.0 Å². The Bertz CT molecular complexity index is 619. The molecule has 2 aromatic rings. The van der Waals surface area contributed by atoms with Gasteiger partial charge in [0, 0.05) is 21.7 Å². The molecule has 3 N–H and O–H groups in total. The van der Waals surface area contributed by atoms with Crippen LogP contribution in [-0.4, -0.2) is 21.8 Å². The number of nitrogens with two attached hydrogens (primary N) is 1. The van der Waals surface area contributed by atoms with Crippen LogP contribution in [0.2, 0.25) is 0 Å². The minimum Gasteiger partial charge on any atom is -0.464 e. The average molecular weight is 221 g/mol. The van der Waals surface area contributed by atoms with Crippen molar-refractivity contribution in [2.45, 2.75) is 19.3 Å². The van der Waals surface area contributed by atoms with Gasteiger partial charge in [-0.1, -0.05) is 18.2 Å². The van der Waals surface area contributed by atoms with E-state index < -0.39 is 19.0 Å². The third-order valence-electron chi connectivity index (χ3n) is 2.44. The number of carboxylic acid groups (broad SMARTS) is 1. The molecule has 4 heteroatoms. The van der Waals surface area contributed by atoms with Crippen LogP contribution >= 0.6 is 0 Å². The van der Waals surface area contributed by atoms with Crippen molar-refractivity contribution in [3.63, 3.8) is 0 Å². The molecular formula is C12H14N2O2. The average Bonchev–Trinajstić information content (AvgIpc) is 2.67. The van der Waals surface area contributed by atoms with E-state index in [0.29, 0.717) is 16.5 Å². The molecule has 0 bridgehead atoms. The Hall–Kier alpha value is -1.81. The molecule has 1 aromatic heterocycles. The molecule has 0 saturated carbocycles. The molecular weight excluding hydrogens is 204 g/mol. The maximum absolute atomic E-state index is 11.1. The first-order valence-corrected chi connectivity index (χ1v) is 4.88. The van der Waals surface area contributed by atoms with E-state index in [0.717, 1.165) is 4.57 Å². The van der Waals surface area contributed by atoms with E-state index in [1.54, 1.807) is 24.3 Å². The Morgan fingerprint density at radius 1 is 1.62 bits per heavy atom. The number of nitrogens with zero attached hydrogens (tertiary/aromatic N) is 1. The topological polar surface area (TPSA) is 68.2 Å². The van der Waals surface area contributed by atoms with Gasteiger partial charge in [0.15, 0.2) is 0 Å². The minimum atomic E-state index is -2.26. The van der Waals surface area contributed by atoms with Crippen LogP contribution in [0.15, 0.2) is 30.5 Å². The zero-order valence-electron chi connectivity index (χ0n) is 11.6. The summed E-state index contributed by atoms with van der Waals surface area (Å²) in [6, 6.07) is 5.93. The van der Waals surface area contributed by atoms with Gasteiger partial charge in [-0.25, -0.2) is 4.79 Å². The highest BCUT2D eigenvalue weighted by atomic mass is 16.4. The second kappa shape index (κ2) is 3.98. The van der Waals surface area contributed by atoms with Crippen LogP contribution in [0.3, 0.4) is 0 Å². The van der Waals surface area contributed by atoms with Gasteiger partial charge in [-0.3, -0.25) is 4.57 Å². The molecule has 0 unspecified atom stereocenters. The number of hydrogen-bond acceptors (Lipinski definition) is 2. The monoisotopic (exact) mass is 221 g/mol. The SMILES string of the molecule is [2H]C([2H])([2H])[C@@H](N)Cc1cn(C(=O)O)c2ccccc12. The number of rotatable bonds is 2. The normalized spacial score (nSPS) is 16.4. The van der Waals surface area contributed by atoms with Crippen LogP contribution in [0.5, 0.6) is 0 Å². The van der Waals surface area contributed by atoms with Gasteiger partial charge in [0.2, 0.25) is 0 Å². The van der Waals surface area contributed by atoms with Gasteiger partial charge in [0.1, 0.15) is 0 Å². The number of para-hydroxylation sites is 1. The summed E-state index contributed by atoms with van der Waals surface area (Å²) in [7, 11) is 0. The van der Waals surface area contributed by atoms with Crippen molar-refractivity contribution in [2.75, 3.05) is 0 Å². The van der Waals surface area contributed by atoms with Gasteiger partial charge < -0.3 is 10.8 Å². The number of aromatic nitrogens is 1. The second-order valence-corrected chi connectivity index (χ2v) is 3.63. The van der Waals surface area contributed by atoms with Crippen LogP contribution in [0, 0.1) is 0 Å². The molecule has 0 radical (unpaired) electrons. The van der Waals surface area contributed by atoms with Gasteiger partial charge in [0.25, 0.3) is 0 Å². The predicted molar refractivity (Wildman–Crippen MR) is 62.7 cm³/mol. The smallest absolute Gasteiger partial charge is 0.416 e. The lowest BCUT2D eigenvalue weighted by atomic mass is 10.1. The summed E-state index contributed by atoms with van der Waals surface area (Å²) < 4.78 is 22.9. The highest BCUT2D eigenvalue weighted by molar-refractivity contribution is 5.91. The molecule has 16 heavy (non-hydrogen) atoms. The number of carbonyl (C=O) groups is 1. The molecule has 0 saturated heterocycles. The lowest BCUT2D eigenvalue weighted by molar-refractivity contribution is 0.197. The molecule has 0 spiro atoms. The fraction of sp³-hybridized carbons (Fsp3) is 0.250. The van der Waals surface area contributed by atoms with E-state index in [-0.39, 0.29) is 6.42 Å². The molecule has 0 amide bonds. The van der Waals surface area contributed by atoms with Crippen molar-refractivity contribution in [1.82, 2.24) is 4.57 Å². The summed E-state index contributed by atoms with van der Waals surface area (Å²) in [6.07, 6.45) is 0.431. The fourth-order valence-corrected chi connectivity index (χ4v) is 1.81. The van der Waals surface area contributed by atoms with Crippen molar-refractivity contribution in [3.8, 4) is 0 Å². The Morgan fingerprint density at radius 2 is 2.38 bits per heavy atom. The molecule has 0 aliphatic carbocycles. The second-order valence-electron chi connectivity index (χ2n) is 3.63. The molecule has 0 aliphatic heterocycles. The van der Waals surface area contributed by atoms with Crippen LogP contribution in [0.4, 0.5) is 4.79 Å². The maximum atomic E-state index is 11.1. The van der Waals surface area contributed by atoms with E-state index in [4.69, 9.17) is 15.0 Å². The third-order valence-corrected chi connectivity index (χ3v) is 2.44. The fourth-order valence-electron chi connectivity index (χ4n) is 1.81. The molecule has 84 valence electrons. The van der Waals surface area contributed by atoms with Gasteiger partial charge >= 0.3 is 6.09 Å². The van der Waals surface area contributed by atoms with Crippen molar-refractivity contribution in [1.29, 1.82) is 0 Å². The molecule has 1 aromatic carbocycles. The Balaban J connectivity index is 2.47. The zero-order chi connectivity index (χ0) is 14.2. The van der Waals surface area contributed by atoms with Crippen LogP contribution in [0.1, 0.15) is 16.5 Å². The van der Waals surface area contributed by atoms with E-state index in [1.165, 1.54) is 6.20 Å². The minimum absolute atomic E-state index is 0.108. The van der Waals surface area contributed by atoms with E-state index in [1.807, 2.05) is 0 Å². The third kappa shape index (κ3) is 1.79. The summed E-state index contributed by atoms with van der Waals surface area (Å²) in [5.74, 6) is 0. The predicted octanol–water partition coefficient (Wildman–Crippen LogP) is 2.06. The molecule has 0 fully saturated rings. The van der Waals surface area contributed by atoms with Gasteiger partial charge in [-0.05, 0) is 24.9 Å². The van der Waals surface area contributed by atoms with Crippen molar-refractivity contribution in [2.24, 2.45) is 5.73 Å². The summed E-state index contributed by atoms with van der Waals surface area (Å²) in [5.41, 5.74) is 6.80. The Kier molecular flexibility index (Phi) is 1.86. The standard InChI is InChI=1S/C12H14N2O2/c1-8(13)6-9-7-14(12(15)16)11-5-3-2-4-10(9)11/h2-5,7-8H,6,13H2,1H3,(H,15,16)/t8-/m1/s1/i1D3. The molecule has 1 atom stereocenters. The lowest BCUT2D eigenvalue weighted by Crippen LogP contribution is -2.17. The first-order chi connectivity index (χ1) is 8.80. The quantitative estimate of drug-likeness (QED) is 0.815.